The molecule has 0 radical (unpaired) electrons. The molecule has 0 aliphatic heterocycles. The quantitative estimate of drug-likeness (QED) is 0.274. The third-order valence-electron chi connectivity index (χ3n) is 4.97. The molecule has 0 aromatic heterocycles. The molecule has 0 nitrogen and oxygen atoms in total. The molecular weight excluding hydrogens is 276 g/mol. The first-order valence-electron chi connectivity index (χ1n) is 9.04. The molecule has 1 aromatic rings. The fraction of sp³-hybridized carbons (Fsp3) is 0.700. The van der Waals surface area contributed by atoms with E-state index < -0.39 is 0 Å². The van der Waals surface area contributed by atoms with Gasteiger partial charge in [-0.3, -0.25) is 0 Å². The van der Waals surface area contributed by atoms with Crippen molar-refractivity contribution in [2.24, 2.45) is 5.92 Å². The van der Waals surface area contributed by atoms with Gasteiger partial charge in [0.25, 0.3) is 0 Å². The molecule has 118 valence electrons. The van der Waals surface area contributed by atoms with E-state index in [1.165, 1.54) is 81.8 Å². The molecule has 0 N–H and O–H groups in total. The lowest BCUT2D eigenvalue weighted by molar-refractivity contribution is 0.410. The third-order valence-corrected chi connectivity index (χ3v) is 5.56. The fourth-order valence-electron chi connectivity index (χ4n) is 3.64. The smallest absolute Gasteiger partial charge is 0.0616 e. The maximum atomic E-state index is 6.80. The van der Waals surface area contributed by atoms with E-state index in [9.17, 15) is 0 Å². The maximum absolute atomic E-state index is 6.80. The average molecular weight is 307 g/mol. The van der Waals surface area contributed by atoms with Crippen molar-refractivity contribution in [2.45, 2.75) is 82.9 Å². The summed E-state index contributed by atoms with van der Waals surface area (Å²) in [7, 11) is 0. The van der Waals surface area contributed by atoms with Crippen LogP contribution in [-0.4, -0.2) is 0 Å². The number of rotatable bonds is 8. The zero-order chi connectivity index (χ0) is 14.9. The largest absolute Gasteiger partial charge is 0.118 e. The SMILES string of the molecule is CCCCCCCCCC1CCCc2ccccc2C1Cl. The average Bonchev–Trinajstić information content (AvgIpc) is 2.67. The summed E-state index contributed by atoms with van der Waals surface area (Å²) in [4.78, 5) is 0. The minimum absolute atomic E-state index is 0.240. The highest BCUT2D eigenvalue weighted by Gasteiger charge is 2.25. The predicted molar refractivity (Wildman–Crippen MR) is 94.1 cm³/mol. The summed E-state index contributed by atoms with van der Waals surface area (Å²) in [5.41, 5.74) is 2.89. The lowest BCUT2D eigenvalue weighted by Gasteiger charge is -2.21. The second-order valence-electron chi connectivity index (χ2n) is 6.66. The van der Waals surface area contributed by atoms with Gasteiger partial charge in [-0.15, -0.1) is 11.6 Å². The van der Waals surface area contributed by atoms with Crippen LogP contribution in [0.25, 0.3) is 0 Å². The van der Waals surface area contributed by atoms with Gasteiger partial charge in [-0.25, -0.2) is 0 Å². The Hall–Kier alpha value is -0.490. The number of halogens is 1. The number of fused-ring (bicyclic) bond motifs is 1. The fourth-order valence-corrected chi connectivity index (χ4v) is 4.11. The molecule has 1 aromatic carbocycles. The van der Waals surface area contributed by atoms with Crippen LogP contribution in [0, 0.1) is 5.92 Å². The van der Waals surface area contributed by atoms with Crippen LogP contribution in [0.1, 0.15) is 87.6 Å². The van der Waals surface area contributed by atoms with Crippen LogP contribution in [0.5, 0.6) is 0 Å². The first-order valence-corrected chi connectivity index (χ1v) is 9.48. The summed E-state index contributed by atoms with van der Waals surface area (Å²) < 4.78 is 0. The summed E-state index contributed by atoms with van der Waals surface area (Å²) in [5.74, 6) is 0.686. The van der Waals surface area contributed by atoms with Crippen molar-refractivity contribution in [2.75, 3.05) is 0 Å². The van der Waals surface area contributed by atoms with E-state index >= 15 is 0 Å². The Morgan fingerprint density at radius 3 is 2.52 bits per heavy atom. The minimum atomic E-state index is 0.240. The van der Waals surface area contributed by atoms with E-state index in [1.54, 1.807) is 0 Å². The molecule has 0 fully saturated rings. The minimum Gasteiger partial charge on any atom is -0.118 e. The highest BCUT2D eigenvalue weighted by molar-refractivity contribution is 6.21. The molecule has 0 saturated carbocycles. The van der Waals surface area contributed by atoms with Crippen LogP contribution in [0.15, 0.2) is 24.3 Å². The van der Waals surface area contributed by atoms with Crippen molar-refractivity contribution in [1.29, 1.82) is 0 Å². The van der Waals surface area contributed by atoms with Gasteiger partial charge in [0, 0.05) is 0 Å². The Labute approximate surface area is 136 Å². The van der Waals surface area contributed by atoms with Gasteiger partial charge in [-0.2, -0.15) is 0 Å². The zero-order valence-electron chi connectivity index (χ0n) is 13.6. The van der Waals surface area contributed by atoms with Crippen LogP contribution >= 0.6 is 11.6 Å². The van der Waals surface area contributed by atoms with Gasteiger partial charge in [-0.05, 0) is 42.7 Å². The van der Waals surface area contributed by atoms with E-state index in [1.807, 2.05) is 0 Å². The molecule has 0 heterocycles. The third kappa shape index (κ3) is 5.33. The molecule has 0 bridgehead atoms. The summed E-state index contributed by atoms with van der Waals surface area (Å²) in [5, 5.41) is 0.240. The normalized spacial score (nSPS) is 21.8. The Bertz CT molecular complexity index is 399. The first kappa shape index (κ1) is 16.9. The molecule has 1 aliphatic rings. The van der Waals surface area contributed by atoms with Crippen molar-refractivity contribution in [3.8, 4) is 0 Å². The topological polar surface area (TPSA) is 0 Å². The summed E-state index contributed by atoms with van der Waals surface area (Å²) >= 11 is 6.80. The van der Waals surface area contributed by atoms with Crippen LogP contribution in [0.2, 0.25) is 0 Å². The molecule has 21 heavy (non-hydrogen) atoms. The van der Waals surface area contributed by atoms with E-state index in [0.717, 1.165) is 0 Å². The lowest BCUT2D eigenvalue weighted by atomic mass is 9.91. The lowest BCUT2D eigenvalue weighted by Crippen LogP contribution is -2.07. The highest BCUT2D eigenvalue weighted by atomic mass is 35.5. The molecule has 0 spiro atoms. The highest BCUT2D eigenvalue weighted by Crippen LogP contribution is 2.40. The van der Waals surface area contributed by atoms with Gasteiger partial charge < -0.3 is 0 Å². The van der Waals surface area contributed by atoms with Crippen LogP contribution < -0.4 is 0 Å². The van der Waals surface area contributed by atoms with E-state index in [0.29, 0.717) is 5.92 Å². The summed E-state index contributed by atoms with van der Waals surface area (Å²) in [6.45, 7) is 2.28. The van der Waals surface area contributed by atoms with Crippen molar-refractivity contribution in [3.05, 3.63) is 35.4 Å². The number of aryl methyl sites for hydroxylation is 1. The standard InChI is InChI=1S/C20H31Cl/c1-2-3-4-5-6-7-8-13-18-15-11-14-17-12-9-10-16-19(17)20(18)21/h9-10,12,16,18,20H,2-8,11,13-15H2,1H3. The summed E-state index contributed by atoms with van der Waals surface area (Å²) in [6, 6.07) is 8.81. The van der Waals surface area contributed by atoms with Gasteiger partial charge >= 0.3 is 0 Å². The number of alkyl halides is 1. The zero-order valence-corrected chi connectivity index (χ0v) is 14.4. The molecule has 0 amide bonds. The monoisotopic (exact) mass is 306 g/mol. The Morgan fingerprint density at radius 1 is 1.00 bits per heavy atom. The molecule has 1 heteroatoms. The van der Waals surface area contributed by atoms with Gasteiger partial charge in [-0.1, -0.05) is 76.1 Å². The molecule has 1 aliphatic carbocycles. The van der Waals surface area contributed by atoms with Crippen LogP contribution in [0.4, 0.5) is 0 Å². The first-order chi connectivity index (χ1) is 10.3. The van der Waals surface area contributed by atoms with Crippen molar-refractivity contribution in [3.63, 3.8) is 0 Å². The van der Waals surface area contributed by atoms with E-state index in [4.69, 9.17) is 11.6 Å². The van der Waals surface area contributed by atoms with Gasteiger partial charge in [0.15, 0.2) is 0 Å². The second-order valence-corrected chi connectivity index (χ2v) is 7.13. The second kappa shape index (κ2) is 9.51. The van der Waals surface area contributed by atoms with Crippen molar-refractivity contribution >= 4 is 11.6 Å². The number of hydrogen-bond acceptors (Lipinski definition) is 0. The number of hydrogen-bond donors (Lipinski definition) is 0. The number of unbranched alkanes of at least 4 members (excludes halogenated alkanes) is 6. The van der Waals surface area contributed by atoms with Gasteiger partial charge in [0.05, 0.1) is 5.38 Å². The van der Waals surface area contributed by atoms with Gasteiger partial charge in [0.1, 0.15) is 0 Å². The van der Waals surface area contributed by atoms with Crippen molar-refractivity contribution in [1.82, 2.24) is 0 Å². The van der Waals surface area contributed by atoms with E-state index in [2.05, 4.69) is 31.2 Å². The van der Waals surface area contributed by atoms with Crippen molar-refractivity contribution < 1.29 is 0 Å². The summed E-state index contributed by atoms with van der Waals surface area (Å²) in [6.07, 6.45) is 14.9. The molecular formula is C20H31Cl. The molecule has 2 unspecified atom stereocenters. The van der Waals surface area contributed by atoms with Crippen LogP contribution in [0.3, 0.4) is 0 Å². The Morgan fingerprint density at radius 2 is 1.71 bits per heavy atom. The molecule has 2 atom stereocenters. The van der Waals surface area contributed by atoms with E-state index in [-0.39, 0.29) is 5.38 Å². The Balaban J connectivity index is 1.74. The van der Waals surface area contributed by atoms with Gasteiger partial charge in [0.2, 0.25) is 0 Å². The molecule has 2 rings (SSSR count). The predicted octanol–water partition coefficient (Wildman–Crippen LogP) is 7.06. The van der Waals surface area contributed by atoms with Crippen LogP contribution in [-0.2, 0) is 6.42 Å². The maximum Gasteiger partial charge on any atom is 0.0616 e. The number of benzene rings is 1. The molecule has 0 saturated heterocycles. The Kier molecular flexibility index (Phi) is 7.64.